The lowest BCUT2D eigenvalue weighted by Gasteiger charge is -2.33. The zero-order chi connectivity index (χ0) is 13.3. The van der Waals surface area contributed by atoms with E-state index >= 15 is 0 Å². The SMILES string of the molecule is CC1(OC(=O)C(C)(CI)C(F)(F)F)CCCC1. The summed E-state index contributed by atoms with van der Waals surface area (Å²) in [5.41, 5.74) is -3.12. The van der Waals surface area contributed by atoms with Crippen LogP contribution in [-0.2, 0) is 9.53 Å². The average molecular weight is 364 g/mol. The predicted molar refractivity (Wildman–Crippen MR) is 66.0 cm³/mol. The second-order valence-corrected chi connectivity index (χ2v) is 5.77. The van der Waals surface area contributed by atoms with Crippen molar-refractivity contribution in [2.24, 2.45) is 5.41 Å². The molecule has 0 heterocycles. The Kier molecular flexibility index (Phi) is 4.37. The Morgan fingerprint density at radius 3 is 2.18 bits per heavy atom. The zero-order valence-corrected chi connectivity index (χ0v) is 12.0. The number of alkyl halides is 4. The van der Waals surface area contributed by atoms with Gasteiger partial charge in [-0.3, -0.25) is 4.79 Å². The number of esters is 1. The van der Waals surface area contributed by atoms with E-state index in [4.69, 9.17) is 4.74 Å². The van der Waals surface area contributed by atoms with Crippen molar-refractivity contribution in [3.8, 4) is 0 Å². The largest absolute Gasteiger partial charge is 0.459 e. The Morgan fingerprint density at radius 1 is 1.35 bits per heavy atom. The molecule has 1 fully saturated rings. The molecule has 1 unspecified atom stereocenters. The number of halogens is 4. The van der Waals surface area contributed by atoms with E-state index in [0.29, 0.717) is 12.8 Å². The fraction of sp³-hybridized carbons (Fsp3) is 0.909. The van der Waals surface area contributed by atoms with Crippen molar-refractivity contribution in [3.63, 3.8) is 0 Å². The minimum absolute atomic E-state index is 0.330. The molecule has 1 aliphatic rings. The molecule has 0 aromatic heterocycles. The van der Waals surface area contributed by atoms with Gasteiger partial charge in [-0.05, 0) is 39.5 Å². The number of carbonyl (C=O) groups is 1. The minimum Gasteiger partial charge on any atom is -0.459 e. The van der Waals surface area contributed by atoms with E-state index in [1.807, 2.05) is 0 Å². The fourth-order valence-corrected chi connectivity index (χ4v) is 2.55. The summed E-state index contributed by atoms with van der Waals surface area (Å²) in [7, 11) is 0. The van der Waals surface area contributed by atoms with E-state index in [1.165, 1.54) is 0 Å². The maximum atomic E-state index is 12.8. The van der Waals surface area contributed by atoms with Crippen LogP contribution in [0.2, 0.25) is 0 Å². The third-order valence-electron chi connectivity index (χ3n) is 3.34. The fourth-order valence-electron chi connectivity index (χ4n) is 1.81. The standard InChI is InChI=1S/C11H16F3IO2/c1-9(5-3-4-6-9)17-8(16)10(2,7-15)11(12,13)14/h3-7H2,1-2H3. The van der Waals surface area contributed by atoms with Gasteiger partial charge in [-0.1, -0.05) is 22.6 Å². The van der Waals surface area contributed by atoms with Crippen LogP contribution < -0.4 is 0 Å². The summed E-state index contributed by atoms with van der Waals surface area (Å²) in [5.74, 6) is -1.15. The molecule has 0 radical (unpaired) electrons. The van der Waals surface area contributed by atoms with Crippen molar-refractivity contribution in [3.05, 3.63) is 0 Å². The van der Waals surface area contributed by atoms with Gasteiger partial charge >= 0.3 is 12.1 Å². The lowest BCUT2D eigenvalue weighted by molar-refractivity contribution is -0.229. The number of ether oxygens (including phenoxy) is 1. The number of hydrogen-bond acceptors (Lipinski definition) is 2. The molecule has 1 aliphatic carbocycles. The normalized spacial score (nSPS) is 23.2. The molecule has 0 saturated heterocycles. The first-order chi connectivity index (χ1) is 7.65. The van der Waals surface area contributed by atoms with E-state index in [2.05, 4.69) is 0 Å². The first kappa shape index (κ1) is 15.0. The van der Waals surface area contributed by atoms with Crippen LogP contribution in [-0.4, -0.2) is 22.2 Å². The van der Waals surface area contributed by atoms with E-state index in [1.54, 1.807) is 29.5 Å². The lowest BCUT2D eigenvalue weighted by Crippen LogP contribution is -2.47. The summed E-state index contributed by atoms with van der Waals surface area (Å²) < 4.78 is 43.3. The molecule has 17 heavy (non-hydrogen) atoms. The molecule has 0 amide bonds. The van der Waals surface area contributed by atoms with Crippen LogP contribution in [0.3, 0.4) is 0 Å². The Balaban J connectivity index is 2.81. The van der Waals surface area contributed by atoms with Crippen LogP contribution in [0.1, 0.15) is 39.5 Å². The highest BCUT2D eigenvalue weighted by atomic mass is 127. The van der Waals surface area contributed by atoms with Gasteiger partial charge in [0, 0.05) is 4.43 Å². The molecule has 1 rings (SSSR count). The topological polar surface area (TPSA) is 26.3 Å². The highest BCUT2D eigenvalue weighted by molar-refractivity contribution is 14.1. The van der Waals surface area contributed by atoms with Crippen LogP contribution in [0.5, 0.6) is 0 Å². The van der Waals surface area contributed by atoms with E-state index in [0.717, 1.165) is 19.8 Å². The number of carbonyl (C=O) groups excluding carboxylic acids is 1. The molecule has 0 aromatic rings. The van der Waals surface area contributed by atoms with Gasteiger partial charge in [0.1, 0.15) is 5.60 Å². The van der Waals surface area contributed by atoms with Crippen LogP contribution in [0.25, 0.3) is 0 Å². The summed E-state index contributed by atoms with van der Waals surface area (Å²) in [6.45, 7) is 2.61. The first-order valence-corrected chi connectivity index (χ1v) is 7.03. The van der Waals surface area contributed by atoms with Crippen molar-refractivity contribution in [2.75, 3.05) is 4.43 Å². The molecule has 0 N–H and O–H groups in total. The molecule has 1 atom stereocenters. The molecule has 1 saturated carbocycles. The minimum atomic E-state index is -4.57. The molecule has 2 nitrogen and oxygen atoms in total. The van der Waals surface area contributed by atoms with E-state index in [-0.39, 0.29) is 4.43 Å². The summed E-state index contributed by atoms with van der Waals surface area (Å²) in [6.07, 6.45) is -1.48. The van der Waals surface area contributed by atoms with Crippen molar-refractivity contribution < 1.29 is 22.7 Å². The second kappa shape index (κ2) is 4.93. The van der Waals surface area contributed by atoms with Crippen LogP contribution >= 0.6 is 22.6 Å². The summed E-state index contributed by atoms with van der Waals surface area (Å²) in [6, 6.07) is 0. The Labute approximate surface area is 112 Å². The van der Waals surface area contributed by atoms with E-state index in [9.17, 15) is 18.0 Å². The Morgan fingerprint density at radius 2 is 1.82 bits per heavy atom. The molecule has 0 spiro atoms. The van der Waals surface area contributed by atoms with Gasteiger partial charge in [0.05, 0.1) is 0 Å². The maximum absolute atomic E-state index is 12.8. The molecule has 0 aliphatic heterocycles. The average Bonchev–Trinajstić information content (AvgIpc) is 2.61. The number of rotatable bonds is 3. The van der Waals surface area contributed by atoms with Crippen molar-refractivity contribution in [1.82, 2.24) is 0 Å². The molecular weight excluding hydrogens is 348 g/mol. The third kappa shape index (κ3) is 3.06. The molecular formula is C11H16F3IO2. The smallest absolute Gasteiger partial charge is 0.405 e. The van der Waals surface area contributed by atoms with Gasteiger partial charge in [0.15, 0.2) is 5.41 Å². The quantitative estimate of drug-likeness (QED) is 0.432. The first-order valence-electron chi connectivity index (χ1n) is 5.51. The molecule has 0 aromatic carbocycles. The van der Waals surface area contributed by atoms with Gasteiger partial charge in [-0.15, -0.1) is 0 Å². The van der Waals surface area contributed by atoms with Gasteiger partial charge < -0.3 is 4.74 Å². The molecule has 6 heteroatoms. The highest BCUT2D eigenvalue weighted by Crippen LogP contribution is 2.43. The Hall–Kier alpha value is -0.0100. The van der Waals surface area contributed by atoms with Crippen molar-refractivity contribution >= 4 is 28.6 Å². The summed E-state index contributed by atoms with van der Waals surface area (Å²) in [4.78, 5) is 11.8. The van der Waals surface area contributed by atoms with Gasteiger partial charge in [-0.25, -0.2) is 0 Å². The second-order valence-electron chi connectivity index (χ2n) is 5.01. The van der Waals surface area contributed by atoms with E-state index < -0.39 is 23.2 Å². The Bertz CT molecular complexity index is 298. The summed E-state index contributed by atoms with van der Waals surface area (Å²) in [5, 5.41) is 0. The predicted octanol–water partition coefficient (Wildman–Crippen LogP) is 3.87. The third-order valence-corrected chi connectivity index (χ3v) is 4.87. The molecule has 100 valence electrons. The highest BCUT2D eigenvalue weighted by Gasteiger charge is 2.58. The van der Waals surface area contributed by atoms with Crippen LogP contribution in [0.15, 0.2) is 0 Å². The van der Waals surface area contributed by atoms with Gasteiger partial charge in [0.25, 0.3) is 0 Å². The van der Waals surface area contributed by atoms with Crippen LogP contribution in [0.4, 0.5) is 13.2 Å². The monoisotopic (exact) mass is 364 g/mol. The van der Waals surface area contributed by atoms with Crippen LogP contribution in [0, 0.1) is 5.41 Å². The zero-order valence-electron chi connectivity index (χ0n) is 9.86. The summed E-state index contributed by atoms with van der Waals surface area (Å²) >= 11 is 1.58. The van der Waals surface area contributed by atoms with Gasteiger partial charge in [0.2, 0.25) is 0 Å². The lowest BCUT2D eigenvalue weighted by atomic mass is 9.92. The maximum Gasteiger partial charge on any atom is 0.405 e. The molecule has 0 bridgehead atoms. The van der Waals surface area contributed by atoms with Gasteiger partial charge in [-0.2, -0.15) is 13.2 Å². The number of hydrogen-bond donors (Lipinski definition) is 0. The van der Waals surface area contributed by atoms with Crippen molar-refractivity contribution in [1.29, 1.82) is 0 Å². The van der Waals surface area contributed by atoms with Crippen molar-refractivity contribution in [2.45, 2.75) is 51.3 Å².